The summed E-state index contributed by atoms with van der Waals surface area (Å²) >= 11 is 0. The number of para-hydroxylation sites is 1. The fourth-order valence-electron chi connectivity index (χ4n) is 5.33. The molecular weight excluding hydrogens is 450 g/mol. The minimum atomic E-state index is 0.0850. The maximum absolute atomic E-state index is 12.9. The third-order valence-corrected chi connectivity index (χ3v) is 7.64. The number of nitrogens with one attached hydrogen (secondary N) is 1. The summed E-state index contributed by atoms with van der Waals surface area (Å²) in [5.74, 6) is 0.300. The molecule has 0 saturated carbocycles. The van der Waals surface area contributed by atoms with Crippen LogP contribution >= 0.6 is 0 Å². The van der Waals surface area contributed by atoms with E-state index in [0.717, 1.165) is 69.8 Å². The molecule has 2 aliphatic heterocycles. The zero-order chi connectivity index (χ0) is 24.9. The predicted molar refractivity (Wildman–Crippen MR) is 143 cm³/mol. The predicted octanol–water partition coefficient (Wildman–Crippen LogP) is 3.01. The molecule has 5 rings (SSSR count). The first-order valence-corrected chi connectivity index (χ1v) is 13.2. The Morgan fingerprint density at radius 1 is 0.806 bits per heavy atom. The van der Waals surface area contributed by atoms with Crippen molar-refractivity contribution in [3.63, 3.8) is 0 Å². The Hall–Kier alpha value is -3.16. The molecule has 0 unspecified atom stereocenters. The molecule has 2 fully saturated rings. The first kappa shape index (κ1) is 24.5. The van der Waals surface area contributed by atoms with Crippen molar-refractivity contribution in [2.24, 2.45) is 0 Å². The van der Waals surface area contributed by atoms with E-state index < -0.39 is 0 Å². The molecule has 1 aromatic heterocycles. The van der Waals surface area contributed by atoms with Crippen LogP contribution in [0.15, 0.2) is 54.7 Å². The molecule has 0 bridgehead atoms. The molecule has 0 atom stereocenters. The van der Waals surface area contributed by atoms with Crippen LogP contribution in [0.2, 0.25) is 0 Å². The maximum atomic E-state index is 12.9. The van der Waals surface area contributed by atoms with Gasteiger partial charge in [-0.2, -0.15) is 0 Å². The molecule has 1 N–H and O–H groups in total. The van der Waals surface area contributed by atoms with Crippen LogP contribution in [-0.4, -0.2) is 102 Å². The minimum absolute atomic E-state index is 0.0850. The van der Waals surface area contributed by atoms with Crippen LogP contribution in [0.3, 0.4) is 0 Å². The number of rotatable bonds is 7. The molecule has 190 valence electrons. The average Bonchev–Trinajstić information content (AvgIpc) is 3.32. The summed E-state index contributed by atoms with van der Waals surface area (Å²) in [4.78, 5) is 37.6. The second-order valence-corrected chi connectivity index (χ2v) is 10.1. The van der Waals surface area contributed by atoms with Gasteiger partial charge >= 0.3 is 0 Å². The molecule has 0 aliphatic carbocycles. The SMILES string of the molecule is Cc1ccc(C(=O)N2CCN(CC(=O)N3CCN(CCCc4c[nH]c5ccccc45)CC3)CC2)cc1. The van der Waals surface area contributed by atoms with E-state index in [0.29, 0.717) is 19.6 Å². The van der Waals surface area contributed by atoms with Crippen LogP contribution in [0.25, 0.3) is 10.9 Å². The number of hydrogen-bond acceptors (Lipinski definition) is 4. The highest BCUT2D eigenvalue weighted by Gasteiger charge is 2.26. The summed E-state index contributed by atoms with van der Waals surface area (Å²) in [6.07, 6.45) is 4.34. The van der Waals surface area contributed by atoms with E-state index >= 15 is 0 Å². The van der Waals surface area contributed by atoms with Crippen LogP contribution < -0.4 is 0 Å². The number of aromatic nitrogens is 1. The summed E-state index contributed by atoms with van der Waals surface area (Å²) in [6, 6.07) is 16.2. The Morgan fingerprint density at radius 2 is 1.47 bits per heavy atom. The van der Waals surface area contributed by atoms with E-state index in [1.165, 1.54) is 16.5 Å². The fourth-order valence-corrected chi connectivity index (χ4v) is 5.33. The first-order chi connectivity index (χ1) is 17.6. The summed E-state index contributed by atoms with van der Waals surface area (Å²) in [6.45, 7) is 9.87. The van der Waals surface area contributed by atoms with Crippen LogP contribution in [0, 0.1) is 6.92 Å². The Bertz CT molecular complexity index is 1170. The van der Waals surface area contributed by atoms with Crippen LogP contribution in [0.1, 0.15) is 27.9 Å². The quantitative estimate of drug-likeness (QED) is 0.557. The third-order valence-electron chi connectivity index (χ3n) is 7.64. The number of H-pyrrole nitrogens is 1. The summed E-state index contributed by atoms with van der Waals surface area (Å²) in [7, 11) is 0. The molecule has 2 amide bonds. The maximum Gasteiger partial charge on any atom is 0.253 e. The molecular formula is C29H37N5O2. The third kappa shape index (κ3) is 5.79. The van der Waals surface area contributed by atoms with Crippen LogP contribution in [0.4, 0.5) is 0 Å². The van der Waals surface area contributed by atoms with Crippen molar-refractivity contribution in [3.8, 4) is 0 Å². The smallest absolute Gasteiger partial charge is 0.253 e. The molecule has 0 radical (unpaired) electrons. The summed E-state index contributed by atoms with van der Waals surface area (Å²) < 4.78 is 0. The van der Waals surface area contributed by atoms with Crippen molar-refractivity contribution in [2.75, 3.05) is 65.4 Å². The molecule has 3 heterocycles. The van der Waals surface area contributed by atoms with E-state index in [1.807, 2.05) is 41.0 Å². The number of carbonyl (C=O) groups excluding carboxylic acids is 2. The molecule has 36 heavy (non-hydrogen) atoms. The number of carbonyl (C=O) groups is 2. The van der Waals surface area contributed by atoms with Gasteiger partial charge in [0, 0.05) is 75.0 Å². The second kappa shape index (κ2) is 11.3. The number of amides is 2. The number of benzene rings is 2. The molecule has 2 aliphatic rings. The van der Waals surface area contributed by atoms with Gasteiger partial charge in [-0.05, 0) is 50.1 Å². The number of piperazine rings is 2. The normalized spacial score (nSPS) is 17.6. The molecule has 3 aromatic rings. The summed E-state index contributed by atoms with van der Waals surface area (Å²) in [5, 5.41) is 1.33. The number of nitrogens with zero attached hydrogens (tertiary/aromatic N) is 4. The number of hydrogen-bond donors (Lipinski definition) is 1. The zero-order valence-electron chi connectivity index (χ0n) is 21.3. The molecule has 7 nitrogen and oxygen atoms in total. The van der Waals surface area contributed by atoms with Crippen molar-refractivity contribution in [3.05, 3.63) is 71.4 Å². The lowest BCUT2D eigenvalue weighted by molar-refractivity contribution is -0.134. The van der Waals surface area contributed by atoms with Gasteiger partial charge in [0.15, 0.2) is 0 Å². The van der Waals surface area contributed by atoms with Crippen LogP contribution in [-0.2, 0) is 11.2 Å². The highest BCUT2D eigenvalue weighted by molar-refractivity contribution is 5.94. The monoisotopic (exact) mass is 487 g/mol. The van der Waals surface area contributed by atoms with E-state index in [2.05, 4.69) is 45.2 Å². The summed E-state index contributed by atoms with van der Waals surface area (Å²) in [5.41, 5.74) is 4.49. The minimum Gasteiger partial charge on any atom is -0.361 e. The van der Waals surface area contributed by atoms with Gasteiger partial charge in [0.2, 0.25) is 5.91 Å². The Balaban J connectivity index is 1.00. The molecule has 2 aromatic carbocycles. The standard InChI is InChI=1S/C29H37N5O2/c1-23-8-10-24(11-9-23)29(36)34-19-15-32(16-20-34)22-28(35)33-17-13-31(14-18-33)12-4-5-25-21-30-27-7-3-2-6-26(25)27/h2-3,6-11,21,30H,4-5,12-20,22H2,1H3. The molecule has 2 saturated heterocycles. The van der Waals surface area contributed by atoms with Crippen molar-refractivity contribution in [2.45, 2.75) is 19.8 Å². The van der Waals surface area contributed by atoms with E-state index in [-0.39, 0.29) is 11.8 Å². The van der Waals surface area contributed by atoms with Crippen LogP contribution in [0.5, 0.6) is 0 Å². The van der Waals surface area contributed by atoms with Gasteiger partial charge in [-0.1, -0.05) is 35.9 Å². The van der Waals surface area contributed by atoms with E-state index in [4.69, 9.17) is 0 Å². The Kier molecular flexibility index (Phi) is 7.68. The van der Waals surface area contributed by atoms with Gasteiger partial charge in [0.05, 0.1) is 6.54 Å². The van der Waals surface area contributed by atoms with Crippen molar-refractivity contribution in [1.29, 1.82) is 0 Å². The van der Waals surface area contributed by atoms with Gasteiger partial charge in [-0.3, -0.25) is 19.4 Å². The Morgan fingerprint density at radius 3 is 2.22 bits per heavy atom. The van der Waals surface area contributed by atoms with Gasteiger partial charge in [0.1, 0.15) is 0 Å². The number of fused-ring (bicyclic) bond motifs is 1. The van der Waals surface area contributed by atoms with E-state index in [9.17, 15) is 9.59 Å². The largest absolute Gasteiger partial charge is 0.361 e. The average molecular weight is 488 g/mol. The lowest BCUT2D eigenvalue weighted by Crippen LogP contribution is -2.54. The number of aryl methyl sites for hydroxylation is 2. The van der Waals surface area contributed by atoms with Crippen molar-refractivity contribution >= 4 is 22.7 Å². The number of aromatic amines is 1. The Labute approximate surface area is 213 Å². The van der Waals surface area contributed by atoms with Crippen molar-refractivity contribution < 1.29 is 9.59 Å². The second-order valence-electron chi connectivity index (χ2n) is 10.1. The van der Waals surface area contributed by atoms with Gasteiger partial charge in [0.25, 0.3) is 5.91 Å². The zero-order valence-corrected chi connectivity index (χ0v) is 21.3. The molecule has 7 heteroatoms. The fraction of sp³-hybridized carbons (Fsp3) is 0.448. The van der Waals surface area contributed by atoms with Gasteiger partial charge < -0.3 is 14.8 Å². The lowest BCUT2D eigenvalue weighted by atomic mass is 10.1. The van der Waals surface area contributed by atoms with E-state index in [1.54, 1.807) is 0 Å². The van der Waals surface area contributed by atoms with Gasteiger partial charge in [-0.15, -0.1) is 0 Å². The van der Waals surface area contributed by atoms with Crippen molar-refractivity contribution in [1.82, 2.24) is 24.6 Å². The highest BCUT2D eigenvalue weighted by Crippen LogP contribution is 2.19. The molecule has 0 spiro atoms. The topological polar surface area (TPSA) is 62.9 Å². The van der Waals surface area contributed by atoms with Gasteiger partial charge in [-0.25, -0.2) is 0 Å². The highest BCUT2D eigenvalue weighted by atomic mass is 16.2. The lowest BCUT2D eigenvalue weighted by Gasteiger charge is -2.38. The first-order valence-electron chi connectivity index (χ1n) is 13.2.